The largest absolute Gasteiger partial charge is 0.465 e. The van der Waals surface area contributed by atoms with Crippen LogP contribution in [0.4, 0.5) is 0 Å². The van der Waals surface area contributed by atoms with Gasteiger partial charge in [0.2, 0.25) is 0 Å². The smallest absolute Gasteiger partial charge is 0.302 e. The van der Waals surface area contributed by atoms with Gasteiger partial charge in [-0.2, -0.15) is 0 Å². The summed E-state index contributed by atoms with van der Waals surface area (Å²) in [5.74, 6) is -0.473. The van der Waals surface area contributed by atoms with Crippen molar-refractivity contribution in [2.75, 3.05) is 6.61 Å². The third-order valence-corrected chi connectivity index (χ3v) is 3.54. The van der Waals surface area contributed by atoms with Crippen LogP contribution in [0.3, 0.4) is 0 Å². The molecule has 0 radical (unpaired) electrons. The quantitative estimate of drug-likeness (QED) is 0.833. The van der Waals surface area contributed by atoms with Gasteiger partial charge in [-0.15, -0.1) is 0 Å². The van der Waals surface area contributed by atoms with Crippen LogP contribution in [-0.2, 0) is 16.0 Å². The lowest BCUT2D eigenvalue weighted by Gasteiger charge is -2.19. The first-order valence-electron chi connectivity index (χ1n) is 7.35. The molecule has 0 aliphatic heterocycles. The number of aliphatic hydroxyl groups is 1. The highest BCUT2D eigenvalue weighted by molar-refractivity contribution is 5.65. The summed E-state index contributed by atoms with van der Waals surface area (Å²) in [6.45, 7) is 3.44. The average Bonchev–Trinajstić information content (AvgIpc) is 2.53. The number of pyridine rings is 1. The number of carbonyl (C=O) groups excluding carboxylic acids is 1. The minimum atomic E-state index is -0.646. The molecule has 2 atom stereocenters. The van der Waals surface area contributed by atoms with Crippen molar-refractivity contribution in [3.63, 3.8) is 0 Å². The molecule has 4 heteroatoms. The number of hydrogen-bond donors (Lipinski definition) is 1. The zero-order chi connectivity index (χ0) is 15.9. The molecule has 116 valence electrons. The molecule has 0 amide bonds. The second-order valence-electron chi connectivity index (χ2n) is 5.50. The first-order valence-corrected chi connectivity index (χ1v) is 7.35. The van der Waals surface area contributed by atoms with E-state index in [2.05, 4.69) is 4.98 Å². The van der Waals surface area contributed by atoms with Crippen LogP contribution >= 0.6 is 0 Å². The summed E-state index contributed by atoms with van der Waals surface area (Å²) in [6, 6.07) is 11.8. The Morgan fingerprint density at radius 1 is 1.23 bits per heavy atom. The van der Waals surface area contributed by atoms with Crippen molar-refractivity contribution in [3.05, 3.63) is 65.5 Å². The Bertz CT molecular complexity index is 595. The number of esters is 1. The van der Waals surface area contributed by atoms with Gasteiger partial charge >= 0.3 is 5.97 Å². The lowest BCUT2D eigenvalue weighted by Crippen LogP contribution is -2.17. The number of ether oxygens (including phenoxy) is 1. The SMILES string of the molecule is CC(=O)OCC(C)C(O)c1ccc(Cc2cccnc2)cc1. The van der Waals surface area contributed by atoms with E-state index in [1.165, 1.54) is 6.92 Å². The third-order valence-electron chi connectivity index (χ3n) is 3.54. The molecule has 4 nitrogen and oxygen atoms in total. The van der Waals surface area contributed by atoms with Gasteiger partial charge in [0.1, 0.15) is 0 Å². The zero-order valence-corrected chi connectivity index (χ0v) is 12.9. The van der Waals surface area contributed by atoms with Gasteiger partial charge in [-0.05, 0) is 29.2 Å². The predicted molar refractivity (Wildman–Crippen MR) is 84.2 cm³/mol. The molecule has 2 rings (SSSR count). The molecular weight excluding hydrogens is 278 g/mol. The Labute approximate surface area is 130 Å². The van der Waals surface area contributed by atoms with Gasteiger partial charge < -0.3 is 9.84 Å². The van der Waals surface area contributed by atoms with E-state index >= 15 is 0 Å². The molecule has 0 aliphatic rings. The van der Waals surface area contributed by atoms with Crippen LogP contribution in [0.15, 0.2) is 48.8 Å². The maximum absolute atomic E-state index is 10.8. The normalized spacial score (nSPS) is 13.4. The summed E-state index contributed by atoms with van der Waals surface area (Å²) < 4.78 is 4.94. The molecule has 0 spiro atoms. The van der Waals surface area contributed by atoms with Crippen LogP contribution in [-0.4, -0.2) is 22.7 Å². The molecule has 0 saturated carbocycles. The summed E-state index contributed by atoms with van der Waals surface area (Å²) >= 11 is 0. The number of hydrogen-bond acceptors (Lipinski definition) is 4. The number of benzene rings is 1. The Kier molecular flexibility index (Phi) is 5.67. The van der Waals surface area contributed by atoms with Crippen molar-refractivity contribution >= 4 is 5.97 Å². The lowest BCUT2D eigenvalue weighted by molar-refractivity contribution is -0.143. The molecule has 0 fully saturated rings. The van der Waals surface area contributed by atoms with Crippen molar-refractivity contribution in [3.8, 4) is 0 Å². The van der Waals surface area contributed by atoms with E-state index in [4.69, 9.17) is 4.74 Å². The van der Waals surface area contributed by atoms with Crippen molar-refractivity contribution in [2.45, 2.75) is 26.4 Å². The van der Waals surface area contributed by atoms with Crippen LogP contribution in [0.5, 0.6) is 0 Å². The Hall–Kier alpha value is -2.20. The molecule has 0 saturated heterocycles. The fourth-order valence-electron chi connectivity index (χ4n) is 2.24. The van der Waals surface area contributed by atoms with Gasteiger partial charge in [-0.1, -0.05) is 37.3 Å². The van der Waals surface area contributed by atoms with E-state index < -0.39 is 6.10 Å². The van der Waals surface area contributed by atoms with Crippen molar-refractivity contribution in [2.24, 2.45) is 5.92 Å². The van der Waals surface area contributed by atoms with Crippen LogP contribution < -0.4 is 0 Å². The lowest BCUT2D eigenvalue weighted by atomic mass is 9.96. The molecule has 0 bridgehead atoms. The van der Waals surface area contributed by atoms with E-state index in [0.29, 0.717) is 0 Å². The average molecular weight is 299 g/mol. The van der Waals surface area contributed by atoms with Crippen LogP contribution in [0, 0.1) is 5.92 Å². The van der Waals surface area contributed by atoms with E-state index in [-0.39, 0.29) is 18.5 Å². The van der Waals surface area contributed by atoms with Crippen molar-refractivity contribution < 1.29 is 14.6 Å². The van der Waals surface area contributed by atoms with Crippen molar-refractivity contribution in [1.82, 2.24) is 4.98 Å². The number of aliphatic hydroxyl groups excluding tert-OH is 1. The van der Waals surface area contributed by atoms with Crippen LogP contribution in [0.1, 0.15) is 36.6 Å². The van der Waals surface area contributed by atoms with Gasteiger partial charge in [-0.25, -0.2) is 0 Å². The monoisotopic (exact) mass is 299 g/mol. The van der Waals surface area contributed by atoms with Gasteiger partial charge in [-0.3, -0.25) is 9.78 Å². The fourth-order valence-corrected chi connectivity index (χ4v) is 2.24. The second-order valence-corrected chi connectivity index (χ2v) is 5.50. The number of nitrogens with zero attached hydrogens (tertiary/aromatic N) is 1. The summed E-state index contributed by atoms with van der Waals surface area (Å²) in [6.07, 6.45) is 3.77. The number of aromatic nitrogens is 1. The Balaban J connectivity index is 1.97. The molecular formula is C18H21NO3. The summed E-state index contributed by atoms with van der Waals surface area (Å²) in [5.41, 5.74) is 3.14. The maximum Gasteiger partial charge on any atom is 0.302 e. The van der Waals surface area contributed by atoms with Crippen LogP contribution in [0.2, 0.25) is 0 Å². The molecule has 1 heterocycles. The second kappa shape index (κ2) is 7.71. The summed E-state index contributed by atoms with van der Waals surface area (Å²) in [4.78, 5) is 14.9. The van der Waals surface area contributed by atoms with E-state index in [0.717, 1.165) is 23.1 Å². The number of carbonyl (C=O) groups is 1. The van der Waals surface area contributed by atoms with Gasteiger partial charge in [0.05, 0.1) is 12.7 Å². The van der Waals surface area contributed by atoms with E-state index in [1.807, 2.05) is 49.5 Å². The molecule has 1 N–H and O–H groups in total. The minimum absolute atomic E-state index is 0.145. The molecule has 2 aromatic rings. The number of rotatable bonds is 6. The molecule has 0 aliphatic carbocycles. The summed E-state index contributed by atoms with van der Waals surface area (Å²) in [7, 11) is 0. The first kappa shape index (κ1) is 16.2. The van der Waals surface area contributed by atoms with Gasteiger partial charge in [0, 0.05) is 25.2 Å². The highest BCUT2D eigenvalue weighted by Gasteiger charge is 2.17. The molecule has 22 heavy (non-hydrogen) atoms. The molecule has 1 aromatic carbocycles. The molecule has 2 unspecified atom stereocenters. The zero-order valence-electron chi connectivity index (χ0n) is 12.9. The van der Waals surface area contributed by atoms with E-state index in [9.17, 15) is 9.90 Å². The highest BCUT2D eigenvalue weighted by Crippen LogP contribution is 2.23. The van der Waals surface area contributed by atoms with Gasteiger partial charge in [0.25, 0.3) is 0 Å². The third kappa shape index (κ3) is 4.67. The molecule has 1 aromatic heterocycles. The Morgan fingerprint density at radius 2 is 1.95 bits per heavy atom. The Morgan fingerprint density at radius 3 is 2.55 bits per heavy atom. The minimum Gasteiger partial charge on any atom is -0.465 e. The standard InChI is InChI=1S/C18H21NO3/c1-13(12-22-14(2)20)18(21)17-7-5-15(6-8-17)10-16-4-3-9-19-11-16/h3-9,11,13,18,21H,10,12H2,1-2H3. The maximum atomic E-state index is 10.8. The van der Waals surface area contributed by atoms with Crippen molar-refractivity contribution in [1.29, 1.82) is 0 Å². The van der Waals surface area contributed by atoms with Crippen LogP contribution in [0.25, 0.3) is 0 Å². The van der Waals surface area contributed by atoms with E-state index in [1.54, 1.807) is 6.20 Å². The first-order chi connectivity index (χ1) is 10.6. The topological polar surface area (TPSA) is 59.4 Å². The fraction of sp³-hybridized carbons (Fsp3) is 0.333. The van der Waals surface area contributed by atoms with Gasteiger partial charge in [0.15, 0.2) is 0 Å². The highest BCUT2D eigenvalue weighted by atomic mass is 16.5. The predicted octanol–water partition coefficient (Wildman–Crippen LogP) is 2.91. The summed E-state index contributed by atoms with van der Waals surface area (Å²) in [5, 5.41) is 10.3.